The molecule has 1 saturated heterocycles. The topological polar surface area (TPSA) is 119 Å². The lowest BCUT2D eigenvalue weighted by molar-refractivity contribution is -0.145. The van der Waals surface area contributed by atoms with Gasteiger partial charge in [0.05, 0.1) is 0 Å². The smallest absolute Gasteiger partial charge is 0.237 e. The Morgan fingerprint density at radius 1 is 1.08 bits per heavy atom. The molecule has 1 fully saturated rings. The van der Waals surface area contributed by atoms with Crippen molar-refractivity contribution in [3.63, 3.8) is 0 Å². The number of piperidine rings is 1. The molecule has 1 aliphatic rings. The molecule has 5 N–H and O–H groups in total. The van der Waals surface area contributed by atoms with Crippen molar-refractivity contribution in [2.24, 2.45) is 29.2 Å². The highest BCUT2D eigenvalue weighted by Crippen LogP contribution is 2.30. The summed E-state index contributed by atoms with van der Waals surface area (Å²) in [5, 5.41) is 3.19. The summed E-state index contributed by atoms with van der Waals surface area (Å²) in [6.07, 6.45) is 3.05. The molecule has 0 aromatic heterocycles. The summed E-state index contributed by atoms with van der Waals surface area (Å²) in [5.74, 6) is -1.34. The van der Waals surface area contributed by atoms with Gasteiger partial charge in [-0.05, 0) is 38.1 Å². The molecule has 0 saturated carbocycles. The Kier molecular flexibility index (Phi) is 8.53. The third-order valence-electron chi connectivity index (χ3n) is 5.41. The summed E-state index contributed by atoms with van der Waals surface area (Å²) < 4.78 is 0. The fraction of sp³-hybridized carbons (Fsp3) is 0.842. The van der Waals surface area contributed by atoms with Gasteiger partial charge >= 0.3 is 0 Å². The average Bonchev–Trinajstić information content (AvgIpc) is 2.57. The Morgan fingerprint density at radius 2 is 1.65 bits per heavy atom. The van der Waals surface area contributed by atoms with Crippen LogP contribution in [0.15, 0.2) is 0 Å². The zero-order valence-electron chi connectivity index (χ0n) is 16.7. The second-order valence-electron chi connectivity index (χ2n) is 7.84. The zero-order valence-corrected chi connectivity index (χ0v) is 16.7. The van der Waals surface area contributed by atoms with Crippen molar-refractivity contribution in [1.29, 1.82) is 0 Å². The summed E-state index contributed by atoms with van der Waals surface area (Å²) in [5.41, 5.74) is 10.5. The molecule has 1 rings (SSSR count). The van der Waals surface area contributed by atoms with Crippen LogP contribution in [0.25, 0.3) is 0 Å². The van der Waals surface area contributed by atoms with Gasteiger partial charge in [0.15, 0.2) is 0 Å². The van der Waals surface area contributed by atoms with Gasteiger partial charge in [-0.1, -0.05) is 34.1 Å². The van der Waals surface area contributed by atoms with E-state index >= 15 is 0 Å². The minimum atomic E-state index is -0.744. The van der Waals surface area contributed by atoms with E-state index < -0.39 is 23.3 Å². The Hall–Kier alpha value is -1.63. The number of carbonyl (C=O) groups is 3. The van der Waals surface area contributed by atoms with Gasteiger partial charge in [0.2, 0.25) is 17.7 Å². The quantitative estimate of drug-likeness (QED) is 0.533. The van der Waals surface area contributed by atoms with Crippen LogP contribution in [0.2, 0.25) is 0 Å². The van der Waals surface area contributed by atoms with Crippen molar-refractivity contribution in [2.45, 2.75) is 65.3 Å². The molecule has 0 radical (unpaired) electrons. The van der Waals surface area contributed by atoms with Crippen molar-refractivity contribution in [3.05, 3.63) is 0 Å². The molecule has 2 unspecified atom stereocenters. The first-order valence-corrected chi connectivity index (χ1v) is 9.81. The molecule has 3 amide bonds. The van der Waals surface area contributed by atoms with Crippen LogP contribution in [0, 0.1) is 17.8 Å². The fourth-order valence-electron chi connectivity index (χ4n) is 3.99. The average molecular weight is 369 g/mol. The standard InChI is InChI=1S/C19H36N4O3/c1-5-7-14(16(20)24)15(12-13(3)4)17(25)23-10-8-19(9-11-23,18(21)26)22-6-2/h13-15,22H,5-12H2,1-4H3,(H2,20,24)(H2,21,26). The van der Waals surface area contributed by atoms with E-state index in [1.54, 1.807) is 4.90 Å². The van der Waals surface area contributed by atoms with E-state index in [1.165, 1.54) is 0 Å². The maximum absolute atomic E-state index is 13.2. The van der Waals surface area contributed by atoms with E-state index in [1.807, 2.05) is 27.7 Å². The van der Waals surface area contributed by atoms with Gasteiger partial charge in [-0.2, -0.15) is 0 Å². The lowest BCUT2D eigenvalue weighted by Gasteiger charge is -2.42. The van der Waals surface area contributed by atoms with E-state index in [-0.39, 0.29) is 11.8 Å². The van der Waals surface area contributed by atoms with Gasteiger partial charge in [-0.3, -0.25) is 14.4 Å². The fourth-order valence-corrected chi connectivity index (χ4v) is 3.99. The number of likely N-dealkylation sites (tertiary alicyclic amines) is 1. The first kappa shape index (κ1) is 22.4. The number of rotatable bonds is 10. The maximum atomic E-state index is 13.2. The monoisotopic (exact) mass is 368 g/mol. The van der Waals surface area contributed by atoms with E-state index in [0.717, 1.165) is 6.42 Å². The number of nitrogens with one attached hydrogen (secondary N) is 1. The van der Waals surface area contributed by atoms with Gasteiger partial charge in [0.25, 0.3) is 0 Å². The van der Waals surface area contributed by atoms with Crippen molar-refractivity contribution >= 4 is 17.7 Å². The number of nitrogens with zero attached hydrogens (tertiary/aromatic N) is 1. The first-order valence-electron chi connectivity index (χ1n) is 9.81. The third kappa shape index (κ3) is 5.43. The Balaban J connectivity index is 2.92. The van der Waals surface area contributed by atoms with E-state index in [0.29, 0.717) is 51.2 Å². The number of amides is 3. The second-order valence-corrected chi connectivity index (χ2v) is 7.84. The predicted octanol–water partition coefficient (Wildman–Crippen LogP) is 1.01. The van der Waals surface area contributed by atoms with Crippen LogP contribution in [0.1, 0.15) is 59.8 Å². The largest absolute Gasteiger partial charge is 0.369 e. The van der Waals surface area contributed by atoms with Crippen LogP contribution < -0.4 is 16.8 Å². The normalized spacial score (nSPS) is 19.2. The van der Waals surface area contributed by atoms with Crippen molar-refractivity contribution < 1.29 is 14.4 Å². The molecule has 0 bridgehead atoms. The number of hydrogen-bond acceptors (Lipinski definition) is 4. The Morgan fingerprint density at radius 3 is 2.04 bits per heavy atom. The molecule has 2 atom stereocenters. The molecule has 0 spiro atoms. The van der Waals surface area contributed by atoms with Gasteiger partial charge < -0.3 is 21.7 Å². The summed E-state index contributed by atoms with van der Waals surface area (Å²) in [4.78, 5) is 38.8. The SMILES string of the molecule is CCCC(C(N)=O)C(CC(C)C)C(=O)N1CCC(NCC)(C(N)=O)CC1. The number of likely N-dealkylation sites (N-methyl/N-ethyl adjacent to an activating group) is 1. The van der Waals surface area contributed by atoms with Crippen molar-refractivity contribution in [3.8, 4) is 0 Å². The zero-order chi connectivity index (χ0) is 19.9. The lowest BCUT2D eigenvalue weighted by Crippen LogP contribution is -2.62. The highest BCUT2D eigenvalue weighted by Gasteiger charge is 2.42. The summed E-state index contributed by atoms with van der Waals surface area (Å²) in [6.45, 7) is 9.58. The van der Waals surface area contributed by atoms with Crippen molar-refractivity contribution in [2.75, 3.05) is 19.6 Å². The molecule has 1 heterocycles. The summed E-state index contributed by atoms with van der Waals surface area (Å²) in [7, 11) is 0. The number of primary amides is 2. The van der Waals surface area contributed by atoms with Crippen LogP contribution in [0.5, 0.6) is 0 Å². The lowest BCUT2D eigenvalue weighted by atomic mass is 9.80. The summed E-state index contributed by atoms with van der Waals surface area (Å²) >= 11 is 0. The molecule has 150 valence electrons. The first-order chi connectivity index (χ1) is 12.2. The second kappa shape index (κ2) is 9.90. The highest BCUT2D eigenvalue weighted by atomic mass is 16.2. The van der Waals surface area contributed by atoms with E-state index in [2.05, 4.69) is 5.32 Å². The Labute approximate surface area is 157 Å². The maximum Gasteiger partial charge on any atom is 0.237 e. The highest BCUT2D eigenvalue weighted by molar-refractivity contribution is 5.88. The van der Waals surface area contributed by atoms with Crippen molar-refractivity contribution in [1.82, 2.24) is 10.2 Å². The van der Waals surface area contributed by atoms with Gasteiger partial charge in [-0.15, -0.1) is 0 Å². The molecule has 0 aromatic rings. The molecular weight excluding hydrogens is 332 g/mol. The number of carbonyl (C=O) groups excluding carboxylic acids is 3. The van der Waals surface area contributed by atoms with Gasteiger partial charge in [0, 0.05) is 24.9 Å². The van der Waals surface area contributed by atoms with Crippen LogP contribution in [0.3, 0.4) is 0 Å². The Bertz CT molecular complexity index is 499. The minimum absolute atomic E-state index is 0.0227. The molecular formula is C19H36N4O3. The van der Waals surface area contributed by atoms with Crippen LogP contribution >= 0.6 is 0 Å². The molecule has 1 aliphatic heterocycles. The molecule has 0 aliphatic carbocycles. The minimum Gasteiger partial charge on any atom is -0.369 e. The summed E-state index contributed by atoms with van der Waals surface area (Å²) in [6, 6.07) is 0. The van der Waals surface area contributed by atoms with Crippen LogP contribution in [0.4, 0.5) is 0 Å². The predicted molar refractivity (Wildman–Crippen MR) is 102 cm³/mol. The van der Waals surface area contributed by atoms with E-state index in [9.17, 15) is 14.4 Å². The molecule has 26 heavy (non-hydrogen) atoms. The van der Waals surface area contributed by atoms with Gasteiger partial charge in [-0.25, -0.2) is 0 Å². The molecule has 0 aromatic carbocycles. The third-order valence-corrected chi connectivity index (χ3v) is 5.41. The van der Waals surface area contributed by atoms with Crippen LogP contribution in [-0.4, -0.2) is 47.8 Å². The number of hydrogen-bond donors (Lipinski definition) is 3. The number of nitrogens with two attached hydrogens (primary N) is 2. The van der Waals surface area contributed by atoms with E-state index in [4.69, 9.17) is 11.5 Å². The molecule has 7 nitrogen and oxygen atoms in total. The van der Waals surface area contributed by atoms with Crippen LogP contribution in [-0.2, 0) is 14.4 Å². The molecule has 7 heteroatoms. The van der Waals surface area contributed by atoms with Gasteiger partial charge in [0.1, 0.15) is 5.54 Å².